The molecule has 2 heterocycles. The minimum absolute atomic E-state index is 0.0247. The summed E-state index contributed by atoms with van der Waals surface area (Å²) in [5.41, 5.74) is 2.81. The number of benzene rings is 1. The molecular formula is C18H23N3O3S. The van der Waals surface area contributed by atoms with E-state index >= 15 is 0 Å². The summed E-state index contributed by atoms with van der Waals surface area (Å²) in [5, 5.41) is 0.688. The smallest absolute Gasteiger partial charge is 0.256 e. The summed E-state index contributed by atoms with van der Waals surface area (Å²) in [6.45, 7) is 4.81. The first-order chi connectivity index (χ1) is 12.1. The van der Waals surface area contributed by atoms with Crippen molar-refractivity contribution >= 4 is 11.8 Å². The van der Waals surface area contributed by atoms with Gasteiger partial charge in [-0.05, 0) is 30.9 Å². The number of nitrogens with one attached hydrogen (secondary N) is 1. The fraction of sp³-hybridized carbons (Fsp3) is 0.444. The molecule has 0 saturated heterocycles. The molecule has 134 valence electrons. The number of hydrogen-bond donors (Lipinski definition) is 1. The number of hydrogen-bond acceptors (Lipinski definition) is 6. The van der Waals surface area contributed by atoms with E-state index in [-0.39, 0.29) is 5.56 Å². The normalized spacial score (nSPS) is 14.2. The van der Waals surface area contributed by atoms with E-state index < -0.39 is 0 Å². The van der Waals surface area contributed by atoms with Crippen molar-refractivity contribution < 1.29 is 9.47 Å². The van der Waals surface area contributed by atoms with E-state index in [1.807, 2.05) is 31.4 Å². The van der Waals surface area contributed by atoms with Gasteiger partial charge >= 0.3 is 0 Å². The molecule has 1 aromatic carbocycles. The van der Waals surface area contributed by atoms with Gasteiger partial charge in [0.1, 0.15) is 0 Å². The molecular weight excluding hydrogens is 338 g/mol. The molecule has 1 aromatic heterocycles. The van der Waals surface area contributed by atoms with Crippen LogP contribution >= 0.6 is 11.8 Å². The van der Waals surface area contributed by atoms with Gasteiger partial charge in [0.05, 0.1) is 25.0 Å². The lowest BCUT2D eigenvalue weighted by Crippen LogP contribution is -2.35. The Balaban J connectivity index is 1.76. The van der Waals surface area contributed by atoms with Gasteiger partial charge < -0.3 is 14.5 Å². The van der Waals surface area contributed by atoms with Crippen LogP contribution in [0.15, 0.2) is 28.2 Å². The molecule has 0 unspecified atom stereocenters. The summed E-state index contributed by atoms with van der Waals surface area (Å²) in [4.78, 5) is 21.9. The first-order valence-electron chi connectivity index (χ1n) is 8.32. The predicted octanol–water partition coefficient (Wildman–Crippen LogP) is 2.46. The van der Waals surface area contributed by atoms with Crippen LogP contribution in [-0.4, -0.2) is 41.4 Å². The molecule has 0 aliphatic carbocycles. The molecule has 1 aliphatic heterocycles. The highest BCUT2D eigenvalue weighted by Gasteiger charge is 2.21. The molecule has 1 N–H and O–H groups in total. The molecule has 3 rings (SSSR count). The molecule has 0 atom stereocenters. The van der Waals surface area contributed by atoms with E-state index in [0.717, 1.165) is 47.8 Å². The molecule has 0 radical (unpaired) electrons. The third kappa shape index (κ3) is 3.99. The summed E-state index contributed by atoms with van der Waals surface area (Å²) >= 11 is 1.46. The molecule has 1 aliphatic rings. The lowest BCUT2D eigenvalue weighted by Gasteiger charge is -2.27. The Bertz CT molecular complexity index is 807. The highest BCUT2D eigenvalue weighted by Crippen LogP contribution is 2.29. The Morgan fingerprint density at radius 2 is 2.20 bits per heavy atom. The van der Waals surface area contributed by atoms with E-state index in [1.54, 1.807) is 7.11 Å². The minimum atomic E-state index is -0.0247. The van der Waals surface area contributed by atoms with Crippen LogP contribution in [0.2, 0.25) is 0 Å². The van der Waals surface area contributed by atoms with Gasteiger partial charge in [-0.3, -0.25) is 9.69 Å². The van der Waals surface area contributed by atoms with Crippen molar-refractivity contribution in [3.63, 3.8) is 0 Å². The summed E-state index contributed by atoms with van der Waals surface area (Å²) in [6, 6.07) is 5.98. The van der Waals surface area contributed by atoms with Crippen LogP contribution < -0.4 is 15.0 Å². The standard InChI is InChI=1S/C18H23N3O3S/c1-4-24-15-6-5-12(9-16(15)23-2)10-21-8-7-14-13(11-21)17(22)20-18(19-14)25-3/h5-6,9H,4,7-8,10-11H2,1-3H3,(H,19,20,22). The van der Waals surface area contributed by atoms with Crippen molar-refractivity contribution in [2.24, 2.45) is 0 Å². The van der Waals surface area contributed by atoms with Gasteiger partial charge in [0.2, 0.25) is 0 Å². The van der Waals surface area contributed by atoms with E-state index in [0.29, 0.717) is 18.3 Å². The maximum atomic E-state index is 12.3. The Kier molecular flexibility index (Phi) is 5.65. The summed E-state index contributed by atoms with van der Waals surface area (Å²) < 4.78 is 11.0. The number of rotatable bonds is 6. The van der Waals surface area contributed by atoms with Gasteiger partial charge in [0.15, 0.2) is 16.7 Å². The minimum Gasteiger partial charge on any atom is -0.493 e. The number of H-pyrrole nitrogens is 1. The third-order valence-electron chi connectivity index (χ3n) is 4.25. The molecule has 2 aromatic rings. The third-order valence-corrected chi connectivity index (χ3v) is 4.83. The number of ether oxygens (including phenoxy) is 2. The van der Waals surface area contributed by atoms with Gasteiger partial charge in [-0.2, -0.15) is 0 Å². The molecule has 0 spiro atoms. The Morgan fingerprint density at radius 1 is 1.36 bits per heavy atom. The quantitative estimate of drug-likeness (QED) is 0.630. The summed E-state index contributed by atoms with van der Waals surface area (Å²) in [7, 11) is 1.65. The number of thioether (sulfide) groups is 1. The van der Waals surface area contributed by atoms with Crippen LogP contribution in [0, 0.1) is 0 Å². The zero-order chi connectivity index (χ0) is 17.8. The van der Waals surface area contributed by atoms with Crippen molar-refractivity contribution in [1.82, 2.24) is 14.9 Å². The lowest BCUT2D eigenvalue weighted by atomic mass is 10.1. The van der Waals surface area contributed by atoms with Crippen LogP contribution in [0.5, 0.6) is 11.5 Å². The van der Waals surface area contributed by atoms with Gasteiger partial charge in [-0.25, -0.2) is 4.98 Å². The van der Waals surface area contributed by atoms with Gasteiger partial charge in [-0.1, -0.05) is 17.8 Å². The average Bonchev–Trinajstić information content (AvgIpc) is 2.63. The van der Waals surface area contributed by atoms with E-state index in [1.165, 1.54) is 11.8 Å². The van der Waals surface area contributed by atoms with Crippen LogP contribution in [0.1, 0.15) is 23.7 Å². The van der Waals surface area contributed by atoms with Crippen LogP contribution in [0.3, 0.4) is 0 Å². The second-order valence-corrected chi connectivity index (χ2v) is 6.67. The Hall–Kier alpha value is -1.99. The lowest BCUT2D eigenvalue weighted by molar-refractivity contribution is 0.240. The van der Waals surface area contributed by atoms with Crippen LogP contribution in [-0.2, 0) is 19.5 Å². The zero-order valence-electron chi connectivity index (χ0n) is 14.8. The SMILES string of the molecule is CCOc1ccc(CN2CCc3nc(SC)[nH]c(=O)c3C2)cc1OC. The summed E-state index contributed by atoms with van der Waals surface area (Å²) in [6.07, 6.45) is 2.71. The Labute approximate surface area is 151 Å². The van der Waals surface area contributed by atoms with Crippen LogP contribution in [0.25, 0.3) is 0 Å². The maximum Gasteiger partial charge on any atom is 0.256 e. The monoisotopic (exact) mass is 361 g/mol. The molecule has 7 heteroatoms. The molecule has 6 nitrogen and oxygen atoms in total. The summed E-state index contributed by atoms with van der Waals surface area (Å²) in [5.74, 6) is 1.49. The first-order valence-corrected chi connectivity index (χ1v) is 9.55. The van der Waals surface area contributed by atoms with Gasteiger partial charge in [-0.15, -0.1) is 0 Å². The fourth-order valence-electron chi connectivity index (χ4n) is 3.03. The Morgan fingerprint density at radius 3 is 2.92 bits per heavy atom. The number of methoxy groups -OCH3 is 1. The van der Waals surface area contributed by atoms with Crippen molar-refractivity contribution in [2.75, 3.05) is 26.5 Å². The zero-order valence-corrected chi connectivity index (χ0v) is 15.6. The van der Waals surface area contributed by atoms with E-state index in [9.17, 15) is 4.79 Å². The van der Waals surface area contributed by atoms with Crippen molar-refractivity contribution in [2.45, 2.75) is 31.6 Å². The van der Waals surface area contributed by atoms with Crippen LogP contribution in [0.4, 0.5) is 0 Å². The van der Waals surface area contributed by atoms with Gasteiger partial charge in [0, 0.05) is 26.1 Å². The number of aromatic nitrogens is 2. The number of aromatic amines is 1. The molecule has 25 heavy (non-hydrogen) atoms. The average molecular weight is 361 g/mol. The predicted molar refractivity (Wildman–Crippen MR) is 98.6 cm³/mol. The number of fused-ring (bicyclic) bond motifs is 1. The second-order valence-electron chi connectivity index (χ2n) is 5.88. The van der Waals surface area contributed by atoms with Crippen molar-refractivity contribution in [1.29, 1.82) is 0 Å². The largest absolute Gasteiger partial charge is 0.493 e. The van der Waals surface area contributed by atoms with E-state index in [4.69, 9.17) is 9.47 Å². The topological polar surface area (TPSA) is 67.5 Å². The molecule has 0 fully saturated rings. The molecule has 0 bridgehead atoms. The highest BCUT2D eigenvalue weighted by molar-refractivity contribution is 7.98. The van der Waals surface area contributed by atoms with Crippen molar-refractivity contribution in [3.05, 3.63) is 45.4 Å². The first kappa shape index (κ1) is 17.8. The fourth-order valence-corrected chi connectivity index (χ4v) is 3.43. The second kappa shape index (κ2) is 7.93. The molecule has 0 amide bonds. The van der Waals surface area contributed by atoms with Crippen molar-refractivity contribution in [3.8, 4) is 11.5 Å². The van der Waals surface area contributed by atoms with E-state index in [2.05, 4.69) is 14.9 Å². The molecule has 0 saturated carbocycles. The van der Waals surface area contributed by atoms with Gasteiger partial charge in [0.25, 0.3) is 5.56 Å². The number of nitrogens with zero attached hydrogens (tertiary/aromatic N) is 2. The maximum absolute atomic E-state index is 12.3. The highest BCUT2D eigenvalue weighted by atomic mass is 32.2.